The van der Waals surface area contributed by atoms with Crippen LogP contribution >= 0.6 is 0 Å². The lowest BCUT2D eigenvalue weighted by molar-refractivity contribution is -0.231. The van der Waals surface area contributed by atoms with E-state index in [1.54, 1.807) is 0 Å². The van der Waals surface area contributed by atoms with Gasteiger partial charge in [0, 0.05) is 16.2 Å². The molecule has 0 aromatic carbocycles. The van der Waals surface area contributed by atoms with E-state index in [0.29, 0.717) is 10.8 Å². The van der Waals surface area contributed by atoms with Gasteiger partial charge in [-0.05, 0) is 106 Å². The monoisotopic (exact) mass is 342 g/mol. The molecule has 4 atom stereocenters. The Hall–Kier alpha value is -1.32. The summed E-state index contributed by atoms with van der Waals surface area (Å²) in [5.41, 5.74) is 1.18. The van der Waals surface area contributed by atoms with Crippen LogP contribution in [0.5, 0.6) is 0 Å². The van der Waals surface area contributed by atoms with Crippen molar-refractivity contribution in [1.82, 2.24) is 0 Å². The third-order valence-electron chi connectivity index (χ3n) is 10.2. The zero-order chi connectivity index (χ0) is 17.8. The molecule has 0 aromatic rings. The smallest absolute Gasteiger partial charge is 0.0334 e. The normalized spacial score (nSPS) is 61.0. The number of terminal acetylenes is 3. The van der Waals surface area contributed by atoms with Crippen molar-refractivity contribution in [3.63, 3.8) is 0 Å². The van der Waals surface area contributed by atoms with Crippen LogP contribution in [0.1, 0.15) is 77.0 Å². The Morgan fingerprint density at radius 2 is 0.962 bits per heavy atom. The second-order valence-electron chi connectivity index (χ2n) is 11.8. The summed E-state index contributed by atoms with van der Waals surface area (Å²) in [4.78, 5) is 0. The number of rotatable bonds is 1. The zero-order valence-electron chi connectivity index (χ0n) is 15.9. The van der Waals surface area contributed by atoms with Crippen molar-refractivity contribution in [2.45, 2.75) is 77.0 Å². The van der Waals surface area contributed by atoms with Crippen LogP contribution in [-0.4, -0.2) is 0 Å². The molecule has 8 rings (SSSR count). The fourth-order valence-corrected chi connectivity index (χ4v) is 10.4. The first-order chi connectivity index (χ1) is 12.4. The lowest BCUT2D eigenvalue weighted by Crippen LogP contribution is -2.66. The molecule has 134 valence electrons. The molecule has 0 spiro atoms. The molecule has 0 saturated heterocycles. The van der Waals surface area contributed by atoms with E-state index >= 15 is 0 Å². The van der Waals surface area contributed by atoms with Gasteiger partial charge in [0.1, 0.15) is 0 Å². The summed E-state index contributed by atoms with van der Waals surface area (Å²) in [6.07, 6.45) is 34.1. The molecule has 8 aliphatic rings. The largest absolute Gasteiger partial charge is 0.120 e. The highest BCUT2D eigenvalue weighted by atomic mass is 14.7. The SMILES string of the molecule is C#CC12CC3CC(C1)CC(C14CC5CC(C#C)(CC(C#C)(C5)C1)C4)(C3)C2. The third kappa shape index (κ3) is 1.68. The molecular formula is C26H30. The van der Waals surface area contributed by atoms with Crippen LogP contribution in [0.4, 0.5) is 0 Å². The summed E-state index contributed by atoms with van der Waals surface area (Å²) in [6.45, 7) is 0. The second kappa shape index (κ2) is 4.39. The van der Waals surface area contributed by atoms with Crippen LogP contribution in [0.3, 0.4) is 0 Å². The Labute approximate surface area is 159 Å². The summed E-state index contributed by atoms with van der Waals surface area (Å²) in [5.74, 6) is 12.4. The molecule has 8 saturated carbocycles. The van der Waals surface area contributed by atoms with E-state index in [1.807, 2.05) is 0 Å². The van der Waals surface area contributed by atoms with Crippen molar-refractivity contribution in [3.8, 4) is 37.0 Å². The van der Waals surface area contributed by atoms with Crippen molar-refractivity contribution in [1.29, 1.82) is 0 Å². The van der Waals surface area contributed by atoms with Crippen LogP contribution in [0, 0.1) is 81.9 Å². The maximum absolute atomic E-state index is 6.19. The van der Waals surface area contributed by atoms with Gasteiger partial charge in [0.05, 0.1) is 0 Å². The molecule has 8 bridgehead atoms. The minimum absolute atomic E-state index is 0.0818. The first-order valence-corrected chi connectivity index (χ1v) is 10.8. The first-order valence-electron chi connectivity index (χ1n) is 10.8. The second-order valence-corrected chi connectivity index (χ2v) is 11.8. The highest BCUT2D eigenvalue weighted by Gasteiger charge is 2.71. The molecule has 0 N–H and O–H groups in total. The summed E-state index contributed by atoms with van der Waals surface area (Å²) < 4.78 is 0. The van der Waals surface area contributed by atoms with Crippen molar-refractivity contribution in [2.24, 2.45) is 44.8 Å². The van der Waals surface area contributed by atoms with E-state index in [-0.39, 0.29) is 16.2 Å². The third-order valence-corrected chi connectivity index (χ3v) is 10.2. The van der Waals surface area contributed by atoms with Gasteiger partial charge in [-0.2, -0.15) is 0 Å². The van der Waals surface area contributed by atoms with E-state index in [9.17, 15) is 0 Å². The molecule has 4 unspecified atom stereocenters. The maximum atomic E-state index is 6.19. The zero-order valence-corrected chi connectivity index (χ0v) is 15.9. The lowest BCUT2D eigenvalue weighted by Gasteiger charge is -2.74. The Morgan fingerprint density at radius 1 is 0.500 bits per heavy atom. The molecular weight excluding hydrogens is 312 g/mol. The Kier molecular flexibility index (Phi) is 2.65. The van der Waals surface area contributed by atoms with Gasteiger partial charge < -0.3 is 0 Å². The number of hydrogen-bond acceptors (Lipinski definition) is 0. The highest BCUT2D eigenvalue weighted by Crippen LogP contribution is 2.80. The molecule has 8 aliphatic carbocycles. The molecule has 8 fully saturated rings. The standard InChI is InChI=1S/C26H30/c1-4-22-8-19-7-20(9-22)13-25(12-19,16-22)26-14-21-10-23(5-2,17-26)15-24(6-3,11-21)18-26/h1-3,19-21H,7-18H2. The fraction of sp³-hybridized carbons (Fsp3) is 0.769. The lowest BCUT2D eigenvalue weighted by atomic mass is 9.29. The quantitative estimate of drug-likeness (QED) is 0.557. The molecule has 0 nitrogen and oxygen atoms in total. The molecule has 0 heterocycles. The van der Waals surface area contributed by atoms with Gasteiger partial charge in [0.25, 0.3) is 0 Å². The van der Waals surface area contributed by atoms with E-state index in [1.165, 1.54) is 70.6 Å². The predicted octanol–water partition coefficient (Wildman–Crippen LogP) is 5.43. The first kappa shape index (κ1) is 15.7. The van der Waals surface area contributed by atoms with Crippen molar-refractivity contribution in [3.05, 3.63) is 0 Å². The van der Waals surface area contributed by atoms with Crippen LogP contribution in [0.15, 0.2) is 0 Å². The van der Waals surface area contributed by atoms with Crippen molar-refractivity contribution < 1.29 is 0 Å². The topological polar surface area (TPSA) is 0 Å². The van der Waals surface area contributed by atoms with Crippen LogP contribution < -0.4 is 0 Å². The predicted molar refractivity (Wildman–Crippen MR) is 105 cm³/mol. The molecule has 0 heteroatoms. The average Bonchev–Trinajstić information content (AvgIpc) is 2.59. The fourth-order valence-electron chi connectivity index (χ4n) is 10.4. The van der Waals surface area contributed by atoms with Gasteiger partial charge in [-0.15, -0.1) is 19.3 Å². The van der Waals surface area contributed by atoms with Crippen molar-refractivity contribution in [2.75, 3.05) is 0 Å². The molecule has 26 heavy (non-hydrogen) atoms. The van der Waals surface area contributed by atoms with E-state index in [4.69, 9.17) is 19.3 Å². The summed E-state index contributed by atoms with van der Waals surface area (Å²) in [6, 6.07) is 0. The van der Waals surface area contributed by atoms with Crippen LogP contribution in [-0.2, 0) is 0 Å². The Morgan fingerprint density at radius 3 is 1.50 bits per heavy atom. The Balaban J connectivity index is 1.50. The van der Waals surface area contributed by atoms with Gasteiger partial charge in [-0.1, -0.05) is 17.8 Å². The number of hydrogen-bond donors (Lipinski definition) is 0. The van der Waals surface area contributed by atoms with Gasteiger partial charge >= 0.3 is 0 Å². The van der Waals surface area contributed by atoms with E-state index < -0.39 is 0 Å². The average molecular weight is 343 g/mol. The van der Waals surface area contributed by atoms with Gasteiger partial charge in [-0.3, -0.25) is 0 Å². The summed E-state index contributed by atoms with van der Waals surface area (Å²) in [5, 5.41) is 0. The maximum Gasteiger partial charge on any atom is 0.0334 e. The van der Waals surface area contributed by atoms with Crippen LogP contribution in [0.2, 0.25) is 0 Å². The molecule has 0 aromatic heterocycles. The van der Waals surface area contributed by atoms with Gasteiger partial charge in [0.2, 0.25) is 0 Å². The van der Waals surface area contributed by atoms with E-state index in [2.05, 4.69) is 17.8 Å². The van der Waals surface area contributed by atoms with Crippen LogP contribution in [0.25, 0.3) is 0 Å². The highest BCUT2D eigenvalue weighted by molar-refractivity contribution is 5.31. The molecule has 0 aliphatic heterocycles. The van der Waals surface area contributed by atoms with E-state index in [0.717, 1.165) is 24.2 Å². The molecule has 0 amide bonds. The van der Waals surface area contributed by atoms with Gasteiger partial charge in [0.15, 0.2) is 0 Å². The van der Waals surface area contributed by atoms with Crippen molar-refractivity contribution >= 4 is 0 Å². The molecule has 0 radical (unpaired) electrons. The minimum atomic E-state index is 0.0818. The Bertz CT molecular complexity index is 762. The van der Waals surface area contributed by atoms with Gasteiger partial charge in [-0.25, -0.2) is 0 Å². The summed E-state index contributed by atoms with van der Waals surface area (Å²) >= 11 is 0. The minimum Gasteiger partial charge on any atom is -0.120 e. The summed E-state index contributed by atoms with van der Waals surface area (Å²) in [7, 11) is 0.